The van der Waals surface area contributed by atoms with Crippen molar-refractivity contribution in [3.8, 4) is 0 Å². The second kappa shape index (κ2) is 6.28. The minimum atomic E-state index is -4.65. The fraction of sp³-hybridized carbons (Fsp3) is 0.500. The fourth-order valence-corrected chi connectivity index (χ4v) is 3.13. The Morgan fingerprint density at radius 2 is 1.73 bits per heavy atom. The van der Waals surface area contributed by atoms with Crippen LogP contribution in [0.15, 0.2) is 29.2 Å². The average molecular weight is 337 g/mol. The van der Waals surface area contributed by atoms with E-state index in [4.69, 9.17) is 0 Å². The van der Waals surface area contributed by atoms with Gasteiger partial charge in [-0.15, -0.1) is 0 Å². The van der Waals surface area contributed by atoms with Gasteiger partial charge in [-0.05, 0) is 39.0 Å². The molecule has 0 unspecified atom stereocenters. The number of nitrogens with zero attached hydrogens (tertiary/aromatic N) is 1. The zero-order valence-corrected chi connectivity index (χ0v) is 13.5. The summed E-state index contributed by atoms with van der Waals surface area (Å²) in [5.74, 6) is -0.660. The topological polar surface area (TPSA) is 54.5 Å². The Morgan fingerprint density at radius 3 is 2.18 bits per heavy atom. The smallest absolute Gasteiger partial charge is 0.342 e. The second-order valence-corrected chi connectivity index (χ2v) is 7.52. The minimum absolute atomic E-state index is 0.216. The lowest BCUT2D eigenvalue weighted by Crippen LogP contribution is -2.42. The zero-order valence-electron chi connectivity index (χ0n) is 12.7. The molecule has 0 aliphatic heterocycles. The van der Waals surface area contributed by atoms with Gasteiger partial charge in [0, 0.05) is 13.1 Å². The number of alkyl halides is 3. The summed E-state index contributed by atoms with van der Waals surface area (Å²) in [6.45, 7) is 4.60. The second-order valence-electron chi connectivity index (χ2n) is 5.26. The molecule has 22 heavy (non-hydrogen) atoms. The van der Waals surface area contributed by atoms with Gasteiger partial charge in [0.25, 0.3) is 0 Å². The maximum Gasteiger partial charge on any atom is 0.416 e. The fourth-order valence-electron chi connectivity index (χ4n) is 1.73. The Kier molecular flexibility index (Phi) is 5.27. The lowest BCUT2D eigenvalue weighted by atomic mass is 10.2. The van der Waals surface area contributed by atoms with E-state index >= 15 is 0 Å². The van der Waals surface area contributed by atoms with Crippen LogP contribution in [0.25, 0.3) is 0 Å². The van der Waals surface area contributed by atoms with Crippen molar-refractivity contribution in [2.45, 2.75) is 43.1 Å². The highest BCUT2D eigenvalue weighted by Crippen LogP contribution is 2.31. The largest absolute Gasteiger partial charge is 0.416 e. The van der Waals surface area contributed by atoms with Gasteiger partial charge < -0.3 is 4.90 Å². The predicted octanol–water partition coefficient (Wildman–Crippen LogP) is 2.73. The van der Waals surface area contributed by atoms with E-state index in [2.05, 4.69) is 0 Å². The van der Waals surface area contributed by atoms with Crippen molar-refractivity contribution in [1.29, 1.82) is 0 Å². The van der Waals surface area contributed by atoms with Crippen molar-refractivity contribution in [2.75, 3.05) is 7.05 Å². The van der Waals surface area contributed by atoms with Gasteiger partial charge in [-0.3, -0.25) is 4.79 Å². The molecule has 0 aliphatic carbocycles. The van der Waals surface area contributed by atoms with Gasteiger partial charge in [-0.25, -0.2) is 8.42 Å². The van der Waals surface area contributed by atoms with Crippen LogP contribution in [0.5, 0.6) is 0 Å². The molecular formula is C14H18F3NO3S. The van der Waals surface area contributed by atoms with Gasteiger partial charge in [0.05, 0.1) is 10.5 Å². The molecule has 0 heterocycles. The van der Waals surface area contributed by atoms with Crippen LogP contribution in [-0.4, -0.2) is 37.6 Å². The molecule has 8 heteroatoms. The average Bonchev–Trinajstić information content (AvgIpc) is 2.43. The monoisotopic (exact) mass is 337 g/mol. The molecule has 1 aromatic rings. The van der Waals surface area contributed by atoms with Crippen LogP contribution >= 0.6 is 0 Å². The minimum Gasteiger partial charge on any atom is -0.342 e. The number of carbonyl (C=O) groups is 1. The van der Waals surface area contributed by atoms with E-state index in [9.17, 15) is 26.4 Å². The van der Waals surface area contributed by atoms with Crippen LogP contribution in [0.2, 0.25) is 0 Å². The molecular weight excluding hydrogens is 319 g/mol. The molecule has 0 saturated heterocycles. The lowest BCUT2D eigenvalue weighted by molar-refractivity contribution is -0.137. The van der Waals surface area contributed by atoms with Gasteiger partial charge in [0.15, 0.2) is 9.84 Å². The maximum absolute atomic E-state index is 12.7. The normalized spacial score (nSPS) is 14.0. The van der Waals surface area contributed by atoms with Crippen LogP contribution in [0.4, 0.5) is 13.2 Å². The Hall–Kier alpha value is -1.57. The maximum atomic E-state index is 12.7. The van der Waals surface area contributed by atoms with E-state index in [1.165, 1.54) is 18.9 Å². The number of benzene rings is 1. The number of hydrogen-bond donors (Lipinski definition) is 0. The summed E-state index contributed by atoms with van der Waals surface area (Å²) >= 11 is 0. The highest BCUT2D eigenvalue weighted by Gasteiger charge is 2.35. The van der Waals surface area contributed by atoms with Crippen molar-refractivity contribution in [3.63, 3.8) is 0 Å². The van der Waals surface area contributed by atoms with Crippen LogP contribution in [0, 0.1) is 0 Å². The highest BCUT2D eigenvalue weighted by molar-refractivity contribution is 7.92. The Labute approximate surface area is 127 Å². The third-order valence-corrected chi connectivity index (χ3v) is 5.47. The standard InChI is InChI=1S/C14H18F3NO3S/c1-9(2)18(4)13(19)10(3)22(20,21)12-7-5-6-11(8-12)14(15,16)17/h5-10H,1-4H3/t10-/m1/s1. The van der Waals surface area contributed by atoms with Crippen molar-refractivity contribution in [3.05, 3.63) is 29.8 Å². The predicted molar refractivity (Wildman–Crippen MR) is 76.0 cm³/mol. The van der Waals surface area contributed by atoms with Gasteiger partial charge in [-0.2, -0.15) is 13.2 Å². The number of rotatable bonds is 4. The molecule has 1 rings (SSSR count). The van der Waals surface area contributed by atoms with E-state index in [-0.39, 0.29) is 6.04 Å². The summed E-state index contributed by atoms with van der Waals surface area (Å²) in [5.41, 5.74) is -1.06. The molecule has 0 radical (unpaired) electrons. The summed E-state index contributed by atoms with van der Waals surface area (Å²) in [5, 5.41) is -1.46. The van der Waals surface area contributed by atoms with Gasteiger partial charge in [-0.1, -0.05) is 6.07 Å². The SMILES string of the molecule is CC(C)N(C)C(=O)[C@@H](C)S(=O)(=O)c1cccc(C(F)(F)F)c1. The molecule has 1 amide bonds. The third kappa shape index (κ3) is 3.79. The molecule has 0 bridgehead atoms. The lowest BCUT2D eigenvalue weighted by Gasteiger charge is -2.25. The first-order valence-corrected chi connectivity index (χ1v) is 8.11. The molecule has 0 N–H and O–H groups in total. The molecule has 0 aromatic heterocycles. The van der Waals surface area contributed by atoms with Crippen LogP contribution < -0.4 is 0 Å². The first kappa shape index (κ1) is 18.5. The summed E-state index contributed by atoms with van der Waals surface area (Å²) in [7, 11) is -2.74. The molecule has 1 atom stereocenters. The van der Waals surface area contributed by atoms with Gasteiger partial charge in [0.2, 0.25) is 5.91 Å². The van der Waals surface area contributed by atoms with E-state index in [0.29, 0.717) is 6.07 Å². The Bertz CT molecular complexity index is 654. The number of amides is 1. The Morgan fingerprint density at radius 1 is 1.18 bits per heavy atom. The van der Waals surface area contributed by atoms with Gasteiger partial charge in [0.1, 0.15) is 5.25 Å². The van der Waals surface area contributed by atoms with Crippen LogP contribution in [0.1, 0.15) is 26.3 Å². The van der Waals surface area contributed by atoms with Crippen molar-refractivity contribution < 1.29 is 26.4 Å². The van der Waals surface area contributed by atoms with E-state index in [1.807, 2.05) is 0 Å². The van der Waals surface area contributed by atoms with Crippen LogP contribution in [-0.2, 0) is 20.8 Å². The van der Waals surface area contributed by atoms with Crippen molar-refractivity contribution >= 4 is 15.7 Å². The Balaban J connectivity index is 3.22. The van der Waals surface area contributed by atoms with E-state index in [1.54, 1.807) is 13.8 Å². The molecule has 0 spiro atoms. The number of sulfone groups is 1. The molecule has 4 nitrogen and oxygen atoms in total. The summed E-state index contributed by atoms with van der Waals surface area (Å²) in [4.78, 5) is 12.8. The summed E-state index contributed by atoms with van der Waals surface area (Å²) in [6, 6.07) is 3.19. The van der Waals surface area contributed by atoms with Crippen LogP contribution in [0.3, 0.4) is 0 Å². The summed E-state index contributed by atoms with van der Waals surface area (Å²) in [6.07, 6.45) is -4.65. The van der Waals surface area contributed by atoms with E-state index < -0.39 is 37.6 Å². The molecule has 0 aliphatic rings. The number of carbonyl (C=O) groups excluding carboxylic acids is 1. The summed E-state index contributed by atoms with van der Waals surface area (Å²) < 4.78 is 62.8. The highest BCUT2D eigenvalue weighted by atomic mass is 32.2. The zero-order chi connectivity index (χ0) is 17.3. The van der Waals surface area contributed by atoms with Crippen molar-refractivity contribution in [1.82, 2.24) is 4.90 Å². The number of hydrogen-bond acceptors (Lipinski definition) is 3. The quantitative estimate of drug-likeness (QED) is 0.849. The molecule has 0 saturated carbocycles. The number of halogens is 3. The molecule has 1 aromatic carbocycles. The van der Waals surface area contributed by atoms with E-state index in [0.717, 1.165) is 18.2 Å². The van der Waals surface area contributed by atoms with Gasteiger partial charge >= 0.3 is 6.18 Å². The first-order chi connectivity index (χ1) is 9.89. The molecule has 0 fully saturated rings. The van der Waals surface area contributed by atoms with Crippen molar-refractivity contribution in [2.24, 2.45) is 0 Å². The first-order valence-electron chi connectivity index (χ1n) is 6.57. The third-order valence-electron chi connectivity index (χ3n) is 3.43. The molecule has 124 valence electrons.